The maximum Gasteiger partial charge on any atom is 0.257 e. The topological polar surface area (TPSA) is 32.3 Å². The predicted molar refractivity (Wildman–Crippen MR) is 103 cm³/mol. The molecule has 2 aromatic carbocycles. The maximum atomic E-state index is 13.0. The van der Waals surface area contributed by atoms with Crippen molar-refractivity contribution in [3.63, 3.8) is 0 Å². The molecular formula is C20H19FN2OS. The highest BCUT2D eigenvalue weighted by Crippen LogP contribution is 2.38. The summed E-state index contributed by atoms with van der Waals surface area (Å²) in [6.07, 6.45) is 2.13. The highest BCUT2D eigenvalue weighted by Gasteiger charge is 2.34. The van der Waals surface area contributed by atoms with Crippen molar-refractivity contribution < 1.29 is 9.18 Å². The zero-order valence-electron chi connectivity index (χ0n) is 14.3. The van der Waals surface area contributed by atoms with E-state index in [9.17, 15) is 9.18 Å². The zero-order valence-corrected chi connectivity index (χ0v) is 15.2. The Labute approximate surface area is 152 Å². The second kappa shape index (κ2) is 6.41. The highest BCUT2D eigenvalue weighted by atomic mass is 32.1. The average Bonchev–Trinajstić information content (AvgIpc) is 2.54. The van der Waals surface area contributed by atoms with E-state index in [0.717, 1.165) is 11.3 Å². The summed E-state index contributed by atoms with van der Waals surface area (Å²) >= 11 is 5.53. The molecule has 1 amide bonds. The van der Waals surface area contributed by atoms with Gasteiger partial charge in [-0.15, -0.1) is 0 Å². The zero-order chi connectivity index (χ0) is 18.2. The van der Waals surface area contributed by atoms with Gasteiger partial charge in [0.05, 0.1) is 11.2 Å². The number of nitrogens with one attached hydrogen (secondary N) is 1. The number of anilines is 1. The lowest BCUT2D eigenvalue weighted by Crippen LogP contribution is -2.54. The van der Waals surface area contributed by atoms with E-state index < -0.39 is 0 Å². The minimum Gasteiger partial charge on any atom is -0.309 e. The van der Waals surface area contributed by atoms with Gasteiger partial charge in [-0.3, -0.25) is 10.1 Å². The van der Waals surface area contributed by atoms with Crippen molar-refractivity contribution in [3.05, 3.63) is 71.6 Å². The molecule has 1 heterocycles. The van der Waals surface area contributed by atoms with E-state index in [1.807, 2.05) is 43.0 Å². The molecule has 2 aromatic rings. The monoisotopic (exact) mass is 354 g/mol. The second-order valence-electron chi connectivity index (χ2n) is 6.60. The summed E-state index contributed by atoms with van der Waals surface area (Å²) in [7, 11) is 0. The average molecular weight is 354 g/mol. The van der Waals surface area contributed by atoms with Crippen LogP contribution in [0.4, 0.5) is 10.1 Å². The highest BCUT2D eigenvalue weighted by molar-refractivity contribution is 7.80. The first kappa shape index (κ1) is 17.3. The molecule has 128 valence electrons. The third kappa shape index (κ3) is 3.33. The molecule has 0 spiro atoms. The summed E-state index contributed by atoms with van der Waals surface area (Å²) in [5, 5.41) is 3.08. The number of hydrogen-bond donors (Lipinski definition) is 1. The van der Waals surface area contributed by atoms with Gasteiger partial charge >= 0.3 is 0 Å². The van der Waals surface area contributed by atoms with E-state index in [4.69, 9.17) is 12.2 Å². The molecule has 1 aliphatic heterocycles. The Morgan fingerprint density at radius 2 is 1.76 bits per heavy atom. The number of fused-ring (bicyclic) bond motifs is 1. The molecule has 0 atom stereocenters. The van der Waals surface area contributed by atoms with Crippen LogP contribution in [0.1, 0.15) is 36.7 Å². The molecule has 0 unspecified atom stereocenters. The van der Waals surface area contributed by atoms with Crippen LogP contribution < -0.4 is 10.2 Å². The Kier molecular flexibility index (Phi) is 4.43. The van der Waals surface area contributed by atoms with Crippen molar-refractivity contribution in [2.75, 3.05) is 4.90 Å². The number of amides is 1. The normalized spacial score (nSPS) is 15.2. The van der Waals surface area contributed by atoms with Crippen LogP contribution in [0.3, 0.4) is 0 Å². The lowest BCUT2D eigenvalue weighted by molar-refractivity contribution is 0.0977. The number of thiocarbonyl (C=S) groups is 1. The van der Waals surface area contributed by atoms with Gasteiger partial charge in [-0.05, 0) is 68.9 Å². The molecule has 0 bridgehead atoms. The lowest BCUT2D eigenvalue weighted by Gasteiger charge is -2.42. The number of nitrogens with zero attached hydrogens (tertiary/aromatic N) is 1. The van der Waals surface area contributed by atoms with E-state index in [-0.39, 0.29) is 17.3 Å². The fourth-order valence-electron chi connectivity index (χ4n) is 3.18. The first-order valence-corrected chi connectivity index (χ1v) is 8.40. The molecule has 25 heavy (non-hydrogen) atoms. The summed E-state index contributed by atoms with van der Waals surface area (Å²) in [6, 6.07) is 13.3. The van der Waals surface area contributed by atoms with Crippen LogP contribution in [0.25, 0.3) is 5.57 Å². The lowest BCUT2D eigenvalue weighted by atomic mass is 9.89. The molecule has 3 nitrogen and oxygen atoms in total. The van der Waals surface area contributed by atoms with E-state index >= 15 is 0 Å². The third-order valence-corrected chi connectivity index (χ3v) is 4.53. The van der Waals surface area contributed by atoms with Gasteiger partial charge in [0.15, 0.2) is 5.11 Å². The second-order valence-corrected chi connectivity index (χ2v) is 6.99. The maximum absolute atomic E-state index is 13.0. The Balaban J connectivity index is 1.91. The van der Waals surface area contributed by atoms with Crippen LogP contribution in [0.15, 0.2) is 54.6 Å². The summed E-state index contributed by atoms with van der Waals surface area (Å²) in [6.45, 7) is 6.16. The molecule has 0 aromatic heterocycles. The van der Waals surface area contributed by atoms with Gasteiger partial charge in [0.1, 0.15) is 5.82 Å². The Hall–Kier alpha value is -2.53. The number of rotatable bonds is 1. The van der Waals surface area contributed by atoms with Crippen molar-refractivity contribution in [2.45, 2.75) is 26.3 Å². The summed E-state index contributed by atoms with van der Waals surface area (Å²) < 4.78 is 13.0. The number of carbonyl (C=O) groups excluding carboxylic acids is 1. The van der Waals surface area contributed by atoms with Crippen molar-refractivity contribution in [1.82, 2.24) is 5.32 Å². The van der Waals surface area contributed by atoms with Gasteiger partial charge in [0, 0.05) is 11.1 Å². The first-order chi connectivity index (χ1) is 11.8. The quantitative estimate of drug-likeness (QED) is 0.763. The number of benzene rings is 2. The Morgan fingerprint density at radius 3 is 2.44 bits per heavy atom. The van der Waals surface area contributed by atoms with Crippen molar-refractivity contribution in [1.29, 1.82) is 0 Å². The molecular weight excluding hydrogens is 335 g/mol. The third-order valence-electron chi connectivity index (χ3n) is 4.25. The van der Waals surface area contributed by atoms with Gasteiger partial charge in [-0.1, -0.05) is 24.3 Å². The molecule has 3 rings (SSSR count). The molecule has 1 N–H and O–H groups in total. The molecule has 0 saturated carbocycles. The minimum absolute atomic E-state index is 0.315. The van der Waals surface area contributed by atoms with Crippen LogP contribution >= 0.6 is 12.2 Å². The van der Waals surface area contributed by atoms with Crippen LogP contribution in [-0.4, -0.2) is 16.6 Å². The van der Waals surface area contributed by atoms with Crippen molar-refractivity contribution in [3.8, 4) is 0 Å². The molecule has 0 saturated heterocycles. The fourth-order valence-corrected chi connectivity index (χ4v) is 3.61. The standard InChI is InChI=1S/C20H19FN2OS/c1-13-12-20(2,3)23(17-7-5-4-6-16(13)17)19(25)22-18(24)14-8-10-15(21)11-9-14/h4-12H,1-3H3,(H,22,24,25). The first-order valence-electron chi connectivity index (χ1n) is 7.99. The summed E-state index contributed by atoms with van der Waals surface area (Å²) in [5.41, 5.74) is 3.19. The molecule has 0 aliphatic carbocycles. The number of carbonyl (C=O) groups is 1. The van der Waals surface area contributed by atoms with Gasteiger partial charge in [0.25, 0.3) is 5.91 Å². The van der Waals surface area contributed by atoms with Gasteiger partial charge in [-0.2, -0.15) is 0 Å². The number of halogens is 1. The van der Waals surface area contributed by atoms with Crippen molar-refractivity contribution >= 4 is 34.5 Å². The Bertz CT molecular complexity index is 872. The summed E-state index contributed by atoms with van der Waals surface area (Å²) in [4.78, 5) is 14.4. The van der Waals surface area contributed by atoms with Crippen molar-refractivity contribution in [2.24, 2.45) is 0 Å². The van der Waals surface area contributed by atoms with E-state index in [1.165, 1.54) is 29.8 Å². The van der Waals surface area contributed by atoms with Crippen LogP contribution in [0.5, 0.6) is 0 Å². The molecule has 5 heteroatoms. The molecule has 0 fully saturated rings. The smallest absolute Gasteiger partial charge is 0.257 e. The van der Waals surface area contributed by atoms with E-state index in [2.05, 4.69) is 18.3 Å². The SMILES string of the molecule is CC1=CC(C)(C)N(C(=S)NC(=O)c2ccc(F)cc2)c2ccccc21. The number of allylic oxidation sites excluding steroid dienone is 1. The van der Waals surface area contributed by atoms with Gasteiger partial charge in [0.2, 0.25) is 0 Å². The van der Waals surface area contributed by atoms with Crippen LogP contribution in [0.2, 0.25) is 0 Å². The van der Waals surface area contributed by atoms with E-state index in [0.29, 0.717) is 10.7 Å². The predicted octanol–water partition coefficient (Wildman–Crippen LogP) is 4.54. The number of para-hydroxylation sites is 1. The summed E-state index contributed by atoms with van der Waals surface area (Å²) in [5.74, 6) is -0.740. The Morgan fingerprint density at radius 1 is 1.12 bits per heavy atom. The van der Waals surface area contributed by atoms with Gasteiger partial charge in [-0.25, -0.2) is 4.39 Å². The van der Waals surface area contributed by atoms with Crippen LogP contribution in [-0.2, 0) is 0 Å². The molecule has 1 aliphatic rings. The molecule has 0 radical (unpaired) electrons. The number of hydrogen-bond acceptors (Lipinski definition) is 2. The fraction of sp³-hybridized carbons (Fsp3) is 0.200. The van der Waals surface area contributed by atoms with Gasteiger partial charge < -0.3 is 4.90 Å². The largest absolute Gasteiger partial charge is 0.309 e. The van der Waals surface area contributed by atoms with Crippen LogP contribution in [0, 0.1) is 5.82 Å². The van der Waals surface area contributed by atoms with E-state index in [1.54, 1.807) is 0 Å². The minimum atomic E-state index is -0.383.